The molecule has 15 heavy (non-hydrogen) atoms. The Morgan fingerprint density at radius 2 is 1.93 bits per heavy atom. The Hall–Kier alpha value is -1.22. The molecule has 1 aromatic carbocycles. The number of hydrogen-bond donors (Lipinski definition) is 0. The average Bonchev–Trinajstić information content (AvgIpc) is 2.19. The molecule has 82 valence electrons. The third kappa shape index (κ3) is 4.70. The predicted octanol–water partition coefficient (Wildman–Crippen LogP) is 3.41. The molecule has 0 saturated heterocycles. The first-order chi connectivity index (χ1) is 7.14. The Bertz CT molecular complexity index is 296. The van der Waals surface area contributed by atoms with Gasteiger partial charge in [0, 0.05) is 6.42 Å². The van der Waals surface area contributed by atoms with Gasteiger partial charge in [0.15, 0.2) is 0 Å². The third-order valence-corrected chi connectivity index (χ3v) is 1.87. The number of benzene rings is 1. The first-order valence-electron chi connectivity index (χ1n) is 4.74. The fourth-order valence-corrected chi connectivity index (χ4v) is 1.16. The van der Waals surface area contributed by atoms with Crippen LogP contribution < -0.4 is 0 Å². The Morgan fingerprint density at radius 3 is 2.53 bits per heavy atom. The molecule has 0 atom stereocenters. The fraction of sp³-hybridized carbons (Fsp3) is 0.333. The van der Waals surface area contributed by atoms with Gasteiger partial charge in [-0.3, -0.25) is 0 Å². The number of alkyl halides is 2. The van der Waals surface area contributed by atoms with Gasteiger partial charge in [-0.2, -0.15) is 0 Å². The zero-order chi connectivity index (χ0) is 11.1. The van der Waals surface area contributed by atoms with Gasteiger partial charge in [0.1, 0.15) is 6.61 Å². The summed E-state index contributed by atoms with van der Waals surface area (Å²) in [6.45, 7) is 2.93. The van der Waals surface area contributed by atoms with Gasteiger partial charge in [-0.25, -0.2) is 8.78 Å². The van der Waals surface area contributed by atoms with E-state index in [4.69, 9.17) is 4.74 Å². The van der Waals surface area contributed by atoms with Crippen LogP contribution >= 0.6 is 0 Å². The highest BCUT2D eigenvalue weighted by atomic mass is 19.3. The lowest BCUT2D eigenvalue weighted by molar-refractivity contribution is -0.0788. The molecule has 3 heteroatoms. The minimum atomic E-state index is -2.81. The first-order valence-corrected chi connectivity index (χ1v) is 4.74. The minimum Gasteiger partial charge on any atom is -0.371 e. The van der Waals surface area contributed by atoms with Crippen molar-refractivity contribution in [3.8, 4) is 0 Å². The summed E-state index contributed by atoms with van der Waals surface area (Å²) in [5, 5.41) is 0. The lowest BCUT2D eigenvalue weighted by Crippen LogP contribution is -2.22. The van der Waals surface area contributed by atoms with E-state index in [1.54, 1.807) is 0 Å². The smallest absolute Gasteiger partial charge is 0.274 e. The van der Waals surface area contributed by atoms with Crippen LogP contribution in [0.4, 0.5) is 8.78 Å². The van der Waals surface area contributed by atoms with E-state index in [-0.39, 0.29) is 13.0 Å². The van der Waals surface area contributed by atoms with Crippen molar-refractivity contribution in [3.63, 3.8) is 0 Å². The van der Waals surface area contributed by atoms with Crippen molar-refractivity contribution in [1.82, 2.24) is 0 Å². The van der Waals surface area contributed by atoms with E-state index in [1.807, 2.05) is 30.3 Å². The molecule has 0 heterocycles. The Morgan fingerprint density at radius 1 is 1.27 bits per heavy atom. The molecule has 1 nitrogen and oxygen atoms in total. The SMILES string of the molecule is C=CCC(F)(F)COCc1ccccc1. The van der Waals surface area contributed by atoms with Crippen LogP contribution in [0.15, 0.2) is 43.0 Å². The second kappa shape index (κ2) is 5.61. The van der Waals surface area contributed by atoms with Gasteiger partial charge in [0.2, 0.25) is 0 Å². The van der Waals surface area contributed by atoms with Gasteiger partial charge >= 0.3 is 0 Å². The zero-order valence-corrected chi connectivity index (χ0v) is 8.46. The molecule has 0 aliphatic heterocycles. The maximum Gasteiger partial charge on any atom is 0.274 e. The lowest BCUT2D eigenvalue weighted by Gasteiger charge is -2.14. The van der Waals surface area contributed by atoms with Crippen molar-refractivity contribution in [2.45, 2.75) is 19.0 Å². The van der Waals surface area contributed by atoms with Crippen LogP contribution in [-0.4, -0.2) is 12.5 Å². The van der Waals surface area contributed by atoms with Crippen molar-refractivity contribution in [3.05, 3.63) is 48.6 Å². The van der Waals surface area contributed by atoms with E-state index < -0.39 is 12.5 Å². The summed E-state index contributed by atoms with van der Waals surface area (Å²) in [6.07, 6.45) is 0.855. The summed E-state index contributed by atoms with van der Waals surface area (Å²) >= 11 is 0. The molecule has 0 aliphatic rings. The molecule has 1 rings (SSSR count). The van der Waals surface area contributed by atoms with E-state index >= 15 is 0 Å². The predicted molar refractivity (Wildman–Crippen MR) is 55.9 cm³/mol. The standard InChI is InChI=1S/C12H14F2O/c1-2-8-12(13,14)10-15-9-11-6-4-3-5-7-11/h2-7H,1,8-10H2. The second-order valence-electron chi connectivity index (χ2n) is 3.33. The topological polar surface area (TPSA) is 9.23 Å². The van der Waals surface area contributed by atoms with Crippen molar-refractivity contribution in [1.29, 1.82) is 0 Å². The highest BCUT2D eigenvalue weighted by molar-refractivity contribution is 5.13. The number of ether oxygens (including phenoxy) is 1. The van der Waals surface area contributed by atoms with Gasteiger partial charge in [-0.15, -0.1) is 6.58 Å². The van der Waals surface area contributed by atoms with Crippen LogP contribution in [-0.2, 0) is 11.3 Å². The summed E-state index contributed by atoms with van der Waals surface area (Å²) in [6, 6.07) is 9.24. The highest BCUT2D eigenvalue weighted by Gasteiger charge is 2.26. The Kier molecular flexibility index (Phi) is 4.43. The number of allylic oxidation sites excluding steroid dienone is 1. The quantitative estimate of drug-likeness (QED) is 0.656. The van der Waals surface area contributed by atoms with E-state index in [0.29, 0.717) is 0 Å². The van der Waals surface area contributed by atoms with Crippen LogP contribution in [0, 0.1) is 0 Å². The summed E-state index contributed by atoms with van der Waals surface area (Å²) in [4.78, 5) is 0. The highest BCUT2D eigenvalue weighted by Crippen LogP contribution is 2.19. The third-order valence-electron chi connectivity index (χ3n) is 1.87. The van der Waals surface area contributed by atoms with Gasteiger partial charge in [0.25, 0.3) is 5.92 Å². The van der Waals surface area contributed by atoms with E-state index in [1.165, 1.54) is 6.08 Å². The minimum absolute atomic E-state index is 0.216. The molecule has 1 aromatic rings. The van der Waals surface area contributed by atoms with Gasteiger partial charge < -0.3 is 4.74 Å². The molecule has 0 N–H and O–H groups in total. The Balaban J connectivity index is 2.30. The second-order valence-corrected chi connectivity index (χ2v) is 3.33. The first kappa shape index (κ1) is 11.9. The summed E-state index contributed by atoms with van der Waals surface area (Å²) in [5.41, 5.74) is 0.895. The lowest BCUT2D eigenvalue weighted by atomic mass is 10.2. The van der Waals surface area contributed by atoms with Crippen LogP contribution in [0.25, 0.3) is 0 Å². The summed E-state index contributed by atoms with van der Waals surface area (Å²) in [5.74, 6) is -2.81. The van der Waals surface area contributed by atoms with E-state index in [2.05, 4.69) is 6.58 Å². The van der Waals surface area contributed by atoms with Crippen molar-refractivity contribution < 1.29 is 13.5 Å². The van der Waals surface area contributed by atoms with Crippen molar-refractivity contribution in [2.75, 3.05) is 6.61 Å². The van der Waals surface area contributed by atoms with Crippen LogP contribution in [0.5, 0.6) is 0 Å². The van der Waals surface area contributed by atoms with E-state index in [9.17, 15) is 8.78 Å². The van der Waals surface area contributed by atoms with Gasteiger partial charge in [-0.05, 0) is 5.56 Å². The number of hydrogen-bond acceptors (Lipinski definition) is 1. The average molecular weight is 212 g/mol. The van der Waals surface area contributed by atoms with Crippen molar-refractivity contribution >= 4 is 0 Å². The molecule has 0 aromatic heterocycles. The number of rotatable bonds is 6. The van der Waals surface area contributed by atoms with Crippen LogP contribution in [0.2, 0.25) is 0 Å². The van der Waals surface area contributed by atoms with E-state index in [0.717, 1.165) is 5.56 Å². The number of halogens is 2. The largest absolute Gasteiger partial charge is 0.371 e. The normalized spacial score (nSPS) is 11.3. The molecule has 0 aliphatic carbocycles. The molecule has 0 unspecified atom stereocenters. The Labute approximate surface area is 88.4 Å². The molecule has 0 radical (unpaired) electrons. The summed E-state index contributed by atoms with van der Waals surface area (Å²) < 4.78 is 30.8. The molecule has 0 amide bonds. The molecule has 0 fully saturated rings. The van der Waals surface area contributed by atoms with Crippen LogP contribution in [0.3, 0.4) is 0 Å². The van der Waals surface area contributed by atoms with Crippen molar-refractivity contribution in [2.24, 2.45) is 0 Å². The van der Waals surface area contributed by atoms with Crippen LogP contribution in [0.1, 0.15) is 12.0 Å². The molecular weight excluding hydrogens is 198 g/mol. The zero-order valence-electron chi connectivity index (χ0n) is 8.46. The molecule has 0 spiro atoms. The molecule has 0 bridgehead atoms. The maximum absolute atomic E-state index is 12.9. The monoisotopic (exact) mass is 212 g/mol. The van der Waals surface area contributed by atoms with Gasteiger partial charge in [0.05, 0.1) is 6.61 Å². The molecule has 0 saturated carbocycles. The molecular formula is C12H14F2O. The summed E-state index contributed by atoms with van der Waals surface area (Å²) in [7, 11) is 0. The fourth-order valence-electron chi connectivity index (χ4n) is 1.16. The van der Waals surface area contributed by atoms with Gasteiger partial charge in [-0.1, -0.05) is 36.4 Å². The maximum atomic E-state index is 12.9.